The molecule has 0 unspecified atom stereocenters. The molecule has 158 valence electrons. The molecule has 2 aliphatic rings. The number of nitrogens with one attached hydrogen (secondary N) is 1. The highest BCUT2D eigenvalue weighted by molar-refractivity contribution is 6.01. The van der Waals surface area contributed by atoms with E-state index in [0.29, 0.717) is 11.6 Å². The average molecular weight is 416 g/mol. The van der Waals surface area contributed by atoms with E-state index in [1.54, 1.807) is 0 Å². The first-order valence-corrected chi connectivity index (χ1v) is 10.5. The second-order valence-corrected chi connectivity index (χ2v) is 8.20. The van der Waals surface area contributed by atoms with E-state index in [2.05, 4.69) is 10.3 Å². The van der Waals surface area contributed by atoms with E-state index in [1.165, 1.54) is 0 Å². The third-order valence-electron chi connectivity index (χ3n) is 5.62. The van der Waals surface area contributed by atoms with Gasteiger partial charge in [-0.25, -0.2) is 4.98 Å². The number of benzene rings is 2. The second-order valence-electron chi connectivity index (χ2n) is 8.20. The molecule has 1 aliphatic heterocycles. The minimum atomic E-state index is -0.533. The summed E-state index contributed by atoms with van der Waals surface area (Å²) in [7, 11) is 0. The molecule has 0 radical (unpaired) electrons. The Bertz CT molecular complexity index is 1120. The van der Waals surface area contributed by atoms with Crippen LogP contribution in [0.25, 0.3) is 11.3 Å². The Kier molecular flexibility index (Phi) is 4.77. The third-order valence-corrected chi connectivity index (χ3v) is 5.62. The molecule has 0 saturated heterocycles. The number of amides is 1. The van der Waals surface area contributed by atoms with Gasteiger partial charge in [-0.05, 0) is 80.8 Å². The van der Waals surface area contributed by atoms with E-state index >= 15 is 0 Å². The summed E-state index contributed by atoms with van der Waals surface area (Å²) in [4.78, 5) is 17.8. The predicted molar refractivity (Wildman–Crippen MR) is 118 cm³/mol. The molecule has 1 aromatic heterocycles. The number of anilines is 1. The Morgan fingerprint density at radius 2 is 1.81 bits per heavy atom. The maximum atomic E-state index is 13.2. The number of hydrogen-bond acceptors (Lipinski definition) is 5. The highest BCUT2D eigenvalue weighted by Gasteiger charge is 2.51. The van der Waals surface area contributed by atoms with Crippen LogP contribution in [0, 0.1) is 0 Å². The molecule has 2 aromatic carbocycles. The minimum absolute atomic E-state index is 0.0447. The summed E-state index contributed by atoms with van der Waals surface area (Å²) >= 11 is 0. The monoisotopic (exact) mass is 416 g/mol. The minimum Gasteiger partial charge on any atom is -0.491 e. The fraction of sp³-hybridized carbons (Fsp3) is 0.280. The van der Waals surface area contributed by atoms with Crippen LogP contribution >= 0.6 is 0 Å². The van der Waals surface area contributed by atoms with E-state index in [1.807, 2.05) is 74.5 Å². The first-order chi connectivity index (χ1) is 15.0. The molecule has 1 amide bonds. The van der Waals surface area contributed by atoms with E-state index in [0.717, 1.165) is 41.2 Å². The van der Waals surface area contributed by atoms with Crippen molar-refractivity contribution in [3.63, 3.8) is 0 Å². The van der Waals surface area contributed by atoms with Crippen molar-refractivity contribution >= 4 is 11.7 Å². The number of pyridine rings is 1. The molecular formula is C25H24N2O4. The number of hydrogen-bond donors (Lipinski definition) is 1. The van der Waals surface area contributed by atoms with Gasteiger partial charge in [-0.2, -0.15) is 0 Å². The van der Waals surface area contributed by atoms with Crippen LogP contribution in [0.3, 0.4) is 0 Å². The van der Waals surface area contributed by atoms with Gasteiger partial charge in [0.05, 0.1) is 17.2 Å². The quantitative estimate of drug-likeness (QED) is 0.617. The van der Waals surface area contributed by atoms with Crippen LogP contribution in [0.4, 0.5) is 5.82 Å². The number of fused-ring (bicyclic) bond motifs is 1. The average Bonchev–Trinajstić information content (AvgIpc) is 3.45. The number of carbonyl (C=O) groups is 1. The van der Waals surface area contributed by atoms with Crippen molar-refractivity contribution in [1.82, 2.24) is 4.98 Å². The standard InChI is InChI=1S/C25H24N2O4/c1-16(2)31-19-9-6-17(7-10-19)20-4-3-5-23(26-20)27-24(28)25(12-13-25)18-8-11-21-22(14-18)30-15-29-21/h3-11,14,16H,12-13,15H2,1-2H3,(H,26,27,28). The maximum Gasteiger partial charge on any atom is 0.236 e. The largest absolute Gasteiger partial charge is 0.491 e. The van der Waals surface area contributed by atoms with Crippen molar-refractivity contribution in [3.8, 4) is 28.5 Å². The van der Waals surface area contributed by atoms with E-state index in [9.17, 15) is 4.79 Å². The first-order valence-electron chi connectivity index (χ1n) is 10.5. The summed E-state index contributed by atoms with van der Waals surface area (Å²) in [5.74, 6) is 2.73. The van der Waals surface area contributed by atoms with Crippen molar-refractivity contribution in [2.75, 3.05) is 12.1 Å². The summed E-state index contributed by atoms with van der Waals surface area (Å²) in [6.45, 7) is 4.22. The lowest BCUT2D eigenvalue weighted by atomic mass is 9.94. The molecule has 5 rings (SSSR count). The summed E-state index contributed by atoms with van der Waals surface area (Å²) < 4.78 is 16.6. The van der Waals surface area contributed by atoms with Gasteiger partial charge in [0.15, 0.2) is 11.5 Å². The van der Waals surface area contributed by atoms with Gasteiger partial charge in [0.2, 0.25) is 12.7 Å². The zero-order chi connectivity index (χ0) is 21.4. The van der Waals surface area contributed by atoms with E-state index in [4.69, 9.17) is 14.2 Å². The number of aromatic nitrogens is 1. The Morgan fingerprint density at radius 1 is 1.03 bits per heavy atom. The molecule has 1 aliphatic carbocycles. The molecular weight excluding hydrogens is 392 g/mol. The molecule has 1 saturated carbocycles. The fourth-order valence-corrected chi connectivity index (χ4v) is 3.84. The number of rotatable bonds is 6. The van der Waals surface area contributed by atoms with Gasteiger partial charge in [-0.3, -0.25) is 4.79 Å². The zero-order valence-electron chi connectivity index (χ0n) is 17.6. The SMILES string of the molecule is CC(C)Oc1ccc(-c2cccc(NC(=O)C3(c4ccc5c(c4)OCO5)CC3)n2)cc1. The summed E-state index contributed by atoms with van der Waals surface area (Å²) in [5, 5.41) is 3.01. The van der Waals surface area contributed by atoms with Crippen LogP contribution in [0.1, 0.15) is 32.3 Å². The summed E-state index contributed by atoms with van der Waals surface area (Å²) in [5.41, 5.74) is 2.17. The maximum absolute atomic E-state index is 13.2. The van der Waals surface area contributed by atoms with Crippen molar-refractivity contribution < 1.29 is 19.0 Å². The van der Waals surface area contributed by atoms with Crippen molar-refractivity contribution in [3.05, 3.63) is 66.2 Å². The summed E-state index contributed by atoms with van der Waals surface area (Å²) in [6, 6.07) is 19.2. The Balaban J connectivity index is 1.33. The van der Waals surface area contributed by atoms with Crippen LogP contribution in [-0.4, -0.2) is 23.8 Å². The normalized spacial score (nSPS) is 15.6. The number of carbonyl (C=O) groups excluding carboxylic acids is 1. The third kappa shape index (κ3) is 3.81. The molecule has 6 heteroatoms. The topological polar surface area (TPSA) is 69.7 Å². The molecule has 3 aromatic rings. The molecule has 6 nitrogen and oxygen atoms in total. The highest BCUT2D eigenvalue weighted by atomic mass is 16.7. The molecule has 1 N–H and O–H groups in total. The fourth-order valence-electron chi connectivity index (χ4n) is 3.84. The molecule has 0 atom stereocenters. The van der Waals surface area contributed by atoms with Gasteiger partial charge in [-0.15, -0.1) is 0 Å². The summed E-state index contributed by atoms with van der Waals surface area (Å²) in [6.07, 6.45) is 1.73. The van der Waals surface area contributed by atoms with Crippen molar-refractivity contribution in [1.29, 1.82) is 0 Å². The molecule has 0 spiro atoms. The number of nitrogens with zero attached hydrogens (tertiary/aromatic N) is 1. The van der Waals surface area contributed by atoms with Gasteiger partial charge in [0.25, 0.3) is 0 Å². The zero-order valence-corrected chi connectivity index (χ0v) is 17.6. The van der Waals surface area contributed by atoms with Gasteiger partial charge >= 0.3 is 0 Å². The lowest BCUT2D eigenvalue weighted by Gasteiger charge is -2.16. The van der Waals surface area contributed by atoms with Gasteiger partial charge < -0.3 is 19.5 Å². The van der Waals surface area contributed by atoms with Gasteiger partial charge in [-0.1, -0.05) is 12.1 Å². The highest BCUT2D eigenvalue weighted by Crippen LogP contribution is 2.51. The van der Waals surface area contributed by atoms with E-state index < -0.39 is 5.41 Å². The molecule has 1 fully saturated rings. The Hall–Kier alpha value is -3.54. The van der Waals surface area contributed by atoms with Crippen LogP contribution < -0.4 is 19.5 Å². The van der Waals surface area contributed by atoms with Crippen LogP contribution in [0.15, 0.2) is 60.7 Å². The Morgan fingerprint density at radius 3 is 2.55 bits per heavy atom. The van der Waals surface area contributed by atoms with Crippen molar-refractivity contribution in [2.24, 2.45) is 0 Å². The first kappa shape index (κ1) is 19.4. The van der Waals surface area contributed by atoms with Crippen LogP contribution in [-0.2, 0) is 10.2 Å². The van der Waals surface area contributed by atoms with E-state index in [-0.39, 0.29) is 18.8 Å². The van der Waals surface area contributed by atoms with Gasteiger partial charge in [0, 0.05) is 5.56 Å². The van der Waals surface area contributed by atoms with Crippen LogP contribution in [0.2, 0.25) is 0 Å². The Labute approximate surface area is 181 Å². The lowest BCUT2D eigenvalue weighted by molar-refractivity contribution is -0.118. The lowest BCUT2D eigenvalue weighted by Crippen LogP contribution is -2.28. The second kappa shape index (κ2) is 7.61. The smallest absolute Gasteiger partial charge is 0.236 e. The molecule has 31 heavy (non-hydrogen) atoms. The molecule has 2 heterocycles. The molecule has 0 bridgehead atoms. The van der Waals surface area contributed by atoms with Crippen LogP contribution in [0.5, 0.6) is 17.2 Å². The predicted octanol–water partition coefficient (Wildman–Crippen LogP) is 4.93. The van der Waals surface area contributed by atoms with Gasteiger partial charge in [0.1, 0.15) is 11.6 Å². The van der Waals surface area contributed by atoms with Crippen molar-refractivity contribution in [2.45, 2.75) is 38.2 Å². The number of ether oxygens (including phenoxy) is 3.